The van der Waals surface area contributed by atoms with E-state index in [1.807, 2.05) is 43.0 Å². The lowest BCUT2D eigenvalue weighted by Gasteiger charge is -2.22. The summed E-state index contributed by atoms with van der Waals surface area (Å²) in [5.74, 6) is 0.810. The van der Waals surface area contributed by atoms with Crippen molar-refractivity contribution < 1.29 is 9.53 Å². The first-order valence-corrected chi connectivity index (χ1v) is 8.42. The lowest BCUT2D eigenvalue weighted by atomic mass is 10.1. The zero-order valence-corrected chi connectivity index (χ0v) is 15.1. The third kappa shape index (κ3) is 4.71. The molecule has 24 heavy (non-hydrogen) atoms. The van der Waals surface area contributed by atoms with E-state index in [2.05, 4.69) is 4.98 Å². The molecule has 0 aliphatic rings. The van der Waals surface area contributed by atoms with Crippen molar-refractivity contribution in [3.05, 3.63) is 58.4 Å². The molecule has 5 heteroatoms. The van der Waals surface area contributed by atoms with E-state index in [4.69, 9.17) is 16.3 Å². The van der Waals surface area contributed by atoms with Gasteiger partial charge < -0.3 is 9.64 Å². The number of carbonyl (C=O) groups excluding carboxylic acids is 1. The van der Waals surface area contributed by atoms with Crippen molar-refractivity contribution >= 4 is 17.5 Å². The van der Waals surface area contributed by atoms with Crippen LogP contribution in [0.5, 0.6) is 5.75 Å². The predicted octanol–water partition coefficient (Wildman–Crippen LogP) is 3.69. The fourth-order valence-corrected chi connectivity index (χ4v) is 3.07. The van der Waals surface area contributed by atoms with Gasteiger partial charge in [0.15, 0.2) is 0 Å². The third-order valence-corrected chi connectivity index (χ3v) is 4.23. The number of ether oxygens (including phenoxy) is 1. The number of hydrogen-bond acceptors (Lipinski definition) is 3. The molecule has 0 saturated heterocycles. The van der Waals surface area contributed by atoms with Crippen molar-refractivity contribution in [1.29, 1.82) is 0 Å². The van der Waals surface area contributed by atoms with E-state index in [1.54, 1.807) is 19.5 Å². The van der Waals surface area contributed by atoms with Crippen LogP contribution in [0.1, 0.15) is 23.6 Å². The fraction of sp³-hybridized carbons (Fsp3) is 0.368. The van der Waals surface area contributed by atoms with Gasteiger partial charge in [0.25, 0.3) is 0 Å². The average Bonchev–Trinajstić information content (AvgIpc) is 2.56. The van der Waals surface area contributed by atoms with Gasteiger partial charge in [0.1, 0.15) is 5.75 Å². The smallest absolute Gasteiger partial charge is 0.227 e. The first-order valence-electron chi connectivity index (χ1n) is 8.04. The summed E-state index contributed by atoms with van der Waals surface area (Å²) in [6.45, 7) is 5.28. The first kappa shape index (κ1) is 18.3. The number of aromatic nitrogens is 1. The predicted molar refractivity (Wildman–Crippen MR) is 96.6 cm³/mol. The highest BCUT2D eigenvalue weighted by Crippen LogP contribution is 2.28. The minimum atomic E-state index is 0.0755. The van der Waals surface area contributed by atoms with Crippen LogP contribution in [0.15, 0.2) is 36.7 Å². The van der Waals surface area contributed by atoms with Crippen LogP contribution in [0.4, 0.5) is 0 Å². The van der Waals surface area contributed by atoms with Gasteiger partial charge in [-0.3, -0.25) is 9.78 Å². The molecule has 2 aromatic rings. The molecule has 0 bridgehead atoms. The number of pyridine rings is 1. The van der Waals surface area contributed by atoms with Crippen LogP contribution < -0.4 is 4.74 Å². The quantitative estimate of drug-likeness (QED) is 0.768. The normalized spacial score (nSPS) is 10.5. The molecule has 1 amide bonds. The van der Waals surface area contributed by atoms with Crippen LogP contribution in [-0.4, -0.2) is 36.0 Å². The molecule has 1 aromatic heterocycles. The lowest BCUT2D eigenvalue weighted by Crippen LogP contribution is -2.34. The Morgan fingerprint density at radius 3 is 2.62 bits per heavy atom. The number of aryl methyl sites for hydroxylation is 1. The molecular formula is C19H23ClN2O2. The summed E-state index contributed by atoms with van der Waals surface area (Å²) in [5.41, 5.74) is 2.94. The summed E-state index contributed by atoms with van der Waals surface area (Å²) < 4.78 is 5.44. The topological polar surface area (TPSA) is 42.4 Å². The number of amides is 1. The Bertz CT molecular complexity index is 689. The molecule has 0 aliphatic carbocycles. The number of carbonyl (C=O) groups is 1. The highest BCUT2D eigenvalue weighted by Gasteiger charge is 2.16. The summed E-state index contributed by atoms with van der Waals surface area (Å²) in [7, 11) is 1.62. The molecule has 4 nitrogen and oxygen atoms in total. The number of likely N-dealkylation sites (N-methyl/N-ethyl adjacent to an activating group) is 1. The highest BCUT2D eigenvalue weighted by molar-refractivity contribution is 6.30. The molecule has 0 aliphatic heterocycles. The number of halogens is 1. The lowest BCUT2D eigenvalue weighted by molar-refractivity contribution is -0.130. The van der Waals surface area contributed by atoms with Crippen LogP contribution in [-0.2, 0) is 17.6 Å². The minimum absolute atomic E-state index is 0.0755. The van der Waals surface area contributed by atoms with Crippen LogP contribution in [0, 0.1) is 6.92 Å². The summed E-state index contributed by atoms with van der Waals surface area (Å²) in [6, 6.07) is 7.60. The number of benzene rings is 1. The van der Waals surface area contributed by atoms with E-state index in [0.29, 0.717) is 18.1 Å². The standard InChI is InChI=1S/C19H23ClN2O2/c1-4-22(10-7-15-5-8-21-9-6-15)18(23)13-16-12-17(20)11-14(2)19(16)24-3/h5-6,8-9,11-12H,4,7,10,13H2,1-3H3. The molecular weight excluding hydrogens is 324 g/mol. The second-order valence-electron chi connectivity index (χ2n) is 5.67. The van der Waals surface area contributed by atoms with Crippen molar-refractivity contribution in [3.63, 3.8) is 0 Å². The van der Waals surface area contributed by atoms with Gasteiger partial charge in [-0.25, -0.2) is 0 Å². The number of rotatable bonds is 7. The van der Waals surface area contributed by atoms with E-state index >= 15 is 0 Å². The van der Waals surface area contributed by atoms with E-state index in [1.165, 1.54) is 5.56 Å². The maximum atomic E-state index is 12.7. The minimum Gasteiger partial charge on any atom is -0.496 e. The first-order chi connectivity index (χ1) is 11.5. The molecule has 2 rings (SSSR count). The van der Waals surface area contributed by atoms with Gasteiger partial charge >= 0.3 is 0 Å². The van der Waals surface area contributed by atoms with Crippen LogP contribution in [0.3, 0.4) is 0 Å². The van der Waals surface area contributed by atoms with Gasteiger partial charge in [0.2, 0.25) is 5.91 Å². The fourth-order valence-electron chi connectivity index (χ4n) is 2.77. The van der Waals surface area contributed by atoms with Crippen LogP contribution in [0.25, 0.3) is 0 Å². The molecule has 0 saturated carbocycles. The Labute approximate surface area is 148 Å². The SMILES string of the molecule is CCN(CCc1ccncc1)C(=O)Cc1cc(Cl)cc(C)c1OC. The Hall–Kier alpha value is -2.07. The zero-order chi connectivity index (χ0) is 17.5. The monoisotopic (exact) mass is 346 g/mol. The molecule has 0 fully saturated rings. The van der Waals surface area contributed by atoms with Crippen molar-refractivity contribution in [2.24, 2.45) is 0 Å². The van der Waals surface area contributed by atoms with Gasteiger partial charge in [0, 0.05) is 36.1 Å². The van der Waals surface area contributed by atoms with Crippen LogP contribution in [0.2, 0.25) is 5.02 Å². The van der Waals surface area contributed by atoms with Gasteiger partial charge in [-0.2, -0.15) is 0 Å². The van der Waals surface area contributed by atoms with E-state index < -0.39 is 0 Å². The number of nitrogens with zero attached hydrogens (tertiary/aromatic N) is 2. The summed E-state index contributed by atoms with van der Waals surface area (Å²) in [5, 5.41) is 0.621. The van der Waals surface area contributed by atoms with E-state index in [0.717, 1.165) is 23.3 Å². The average molecular weight is 347 g/mol. The van der Waals surface area contributed by atoms with Crippen molar-refractivity contribution in [1.82, 2.24) is 9.88 Å². The largest absolute Gasteiger partial charge is 0.496 e. The second-order valence-corrected chi connectivity index (χ2v) is 6.11. The highest BCUT2D eigenvalue weighted by atomic mass is 35.5. The molecule has 0 spiro atoms. The Morgan fingerprint density at radius 1 is 1.29 bits per heavy atom. The molecule has 1 heterocycles. The molecule has 128 valence electrons. The van der Waals surface area contributed by atoms with Crippen molar-refractivity contribution in [2.45, 2.75) is 26.7 Å². The van der Waals surface area contributed by atoms with E-state index in [-0.39, 0.29) is 12.3 Å². The molecule has 0 N–H and O–H groups in total. The number of methoxy groups -OCH3 is 1. The van der Waals surface area contributed by atoms with Gasteiger partial charge in [-0.15, -0.1) is 0 Å². The molecule has 1 aromatic carbocycles. The van der Waals surface area contributed by atoms with Gasteiger partial charge in [0.05, 0.1) is 13.5 Å². The van der Waals surface area contributed by atoms with Crippen LogP contribution >= 0.6 is 11.6 Å². The van der Waals surface area contributed by atoms with Crippen molar-refractivity contribution in [3.8, 4) is 5.75 Å². The maximum absolute atomic E-state index is 12.7. The summed E-state index contributed by atoms with van der Waals surface area (Å²) >= 11 is 6.13. The molecule has 0 unspecified atom stereocenters. The molecule has 0 atom stereocenters. The Kier molecular flexibility index (Phi) is 6.62. The number of hydrogen-bond donors (Lipinski definition) is 0. The Balaban J connectivity index is 2.07. The molecule has 0 radical (unpaired) electrons. The summed E-state index contributed by atoms with van der Waals surface area (Å²) in [4.78, 5) is 18.5. The van der Waals surface area contributed by atoms with E-state index in [9.17, 15) is 4.79 Å². The Morgan fingerprint density at radius 2 is 2.00 bits per heavy atom. The summed E-state index contributed by atoms with van der Waals surface area (Å²) in [6.07, 6.45) is 4.64. The van der Waals surface area contributed by atoms with Gasteiger partial charge in [-0.05, 0) is 55.7 Å². The second kappa shape index (κ2) is 8.69. The maximum Gasteiger partial charge on any atom is 0.227 e. The zero-order valence-electron chi connectivity index (χ0n) is 14.4. The van der Waals surface area contributed by atoms with Crippen molar-refractivity contribution in [2.75, 3.05) is 20.2 Å². The third-order valence-electron chi connectivity index (χ3n) is 4.02. The van der Waals surface area contributed by atoms with Gasteiger partial charge in [-0.1, -0.05) is 11.6 Å².